The summed E-state index contributed by atoms with van der Waals surface area (Å²) in [6.07, 6.45) is 5.70. The first-order chi connectivity index (χ1) is 13.8. The van der Waals surface area contributed by atoms with Gasteiger partial charge in [-0.15, -0.1) is 0 Å². The SMILES string of the molecule is O=C(CN1CCN(CCn2ccnc2)CC1)N1CCN(c2ccccc2)CC1. The average molecular weight is 383 g/mol. The molecule has 2 aromatic rings. The normalized spacial score (nSPS) is 19.1. The first-order valence-electron chi connectivity index (χ1n) is 10.3. The van der Waals surface area contributed by atoms with E-state index in [2.05, 4.69) is 48.5 Å². The lowest BCUT2D eigenvalue weighted by Crippen LogP contribution is -2.54. The van der Waals surface area contributed by atoms with Crippen LogP contribution in [-0.2, 0) is 11.3 Å². The van der Waals surface area contributed by atoms with Crippen molar-refractivity contribution in [2.45, 2.75) is 6.54 Å². The van der Waals surface area contributed by atoms with Gasteiger partial charge in [0.1, 0.15) is 0 Å². The number of aromatic nitrogens is 2. The van der Waals surface area contributed by atoms with Crippen molar-refractivity contribution in [2.75, 3.05) is 70.3 Å². The van der Waals surface area contributed by atoms with Crippen LogP contribution in [0, 0.1) is 0 Å². The number of anilines is 1. The van der Waals surface area contributed by atoms with Crippen LogP contribution in [0.4, 0.5) is 5.69 Å². The highest BCUT2D eigenvalue weighted by Crippen LogP contribution is 2.15. The first kappa shape index (κ1) is 19.0. The molecule has 0 bridgehead atoms. The van der Waals surface area contributed by atoms with E-state index >= 15 is 0 Å². The molecule has 2 fully saturated rings. The molecule has 0 saturated carbocycles. The molecular weight excluding hydrogens is 352 g/mol. The number of amides is 1. The monoisotopic (exact) mass is 382 g/mol. The maximum absolute atomic E-state index is 12.7. The highest BCUT2D eigenvalue weighted by molar-refractivity contribution is 5.78. The second kappa shape index (κ2) is 9.21. The van der Waals surface area contributed by atoms with Crippen LogP contribution in [-0.4, -0.2) is 95.6 Å². The predicted molar refractivity (Wildman–Crippen MR) is 110 cm³/mol. The maximum Gasteiger partial charge on any atom is 0.236 e. The molecule has 2 aliphatic heterocycles. The van der Waals surface area contributed by atoms with E-state index in [1.54, 1.807) is 0 Å². The number of piperazine rings is 2. The molecule has 0 unspecified atom stereocenters. The van der Waals surface area contributed by atoms with Crippen molar-refractivity contribution in [2.24, 2.45) is 0 Å². The van der Waals surface area contributed by atoms with E-state index < -0.39 is 0 Å². The standard InChI is InChI=1S/C21H30N6O/c28-21(27-16-14-26(15-17-27)20-4-2-1-3-5-20)18-24-11-8-23(9-12-24)10-13-25-7-6-22-19-25/h1-7,19H,8-18H2. The number of rotatable bonds is 6. The second-order valence-electron chi connectivity index (χ2n) is 7.62. The quantitative estimate of drug-likeness (QED) is 0.741. The van der Waals surface area contributed by atoms with Gasteiger partial charge in [0.05, 0.1) is 12.9 Å². The number of hydrogen-bond donors (Lipinski definition) is 0. The fourth-order valence-electron chi connectivity index (χ4n) is 3.99. The Morgan fingerprint density at radius 3 is 2.25 bits per heavy atom. The second-order valence-corrected chi connectivity index (χ2v) is 7.62. The lowest BCUT2D eigenvalue weighted by Gasteiger charge is -2.38. The third kappa shape index (κ3) is 4.91. The van der Waals surface area contributed by atoms with Gasteiger partial charge in [-0.05, 0) is 12.1 Å². The summed E-state index contributed by atoms with van der Waals surface area (Å²) in [5.41, 5.74) is 1.25. The van der Waals surface area contributed by atoms with Crippen molar-refractivity contribution < 1.29 is 4.79 Å². The smallest absolute Gasteiger partial charge is 0.236 e. The molecule has 150 valence electrons. The minimum absolute atomic E-state index is 0.277. The Kier molecular flexibility index (Phi) is 6.24. The number of imidazole rings is 1. The summed E-state index contributed by atoms with van der Waals surface area (Å²) in [5.74, 6) is 0.277. The topological polar surface area (TPSA) is 47.9 Å². The van der Waals surface area contributed by atoms with Gasteiger partial charge in [-0.3, -0.25) is 14.6 Å². The zero-order chi connectivity index (χ0) is 19.2. The molecule has 0 radical (unpaired) electrons. The van der Waals surface area contributed by atoms with Gasteiger partial charge in [-0.2, -0.15) is 0 Å². The van der Waals surface area contributed by atoms with Crippen LogP contribution >= 0.6 is 0 Å². The third-order valence-corrected chi connectivity index (χ3v) is 5.81. The van der Waals surface area contributed by atoms with Crippen LogP contribution < -0.4 is 4.90 Å². The van der Waals surface area contributed by atoms with E-state index in [0.29, 0.717) is 6.54 Å². The van der Waals surface area contributed by atoms with Crippen LogP contribution in [0.1, 0.15) is 0 Å². The molecular formula is C21H30N6O. The number of hydrogen-bond acceptors (Lipinski definition) is 5. The van der Waals surface area contributed by atoms with E-state index in [9.17, 15) is 4.79 Å². The van der Waals surface area contributed by atoms with Gasteiger partial charge in [0, 0.05) is 83.5 Å². The molecule has 1 aromatic heterocycles. The fourth-order valence-corrected chi connectivity index (χ4v) is 3.99. The lowest BCUT2D eigenvalue weighted by atomic mass is 10.2. The van der Waals surface area contributed by atoms with Crippen molar-refractivity contribution in [1.29, 1.82) is 0 Å². The van der Waals surface area contributed by atoms with Crippen LogP contribution in [0.15, 0.2) is 49.1 Å². The third-order valence-electron chi connectivity index (χ3n) is 5.81. The Balaban J connectivity index is 1.16. The summed E-state index contributed by atoms with van der Waals surface area (Å²) in [6.45, 7) is 10.0. The van der Waals surface area contributed by atoms with Crippen LogP contribution in [0.2, 0.25) is 0 Å². The molecule has 0 atom stereocenters. The molecule has 0 aliphatic carbocycles. The van der Waals surface area contributed by atoms with Gasteiger partial charge in [-0.1, -0.05) is 18.2 Å². The summed E-state index contributed by atoms with van der Waals surface area (Å²) in [7, 11) is 0. The van der Waals surface area contributed by atoms with E-state index in [1.165, 1.54) is 5.69 Å². The number of carbonyl (C=O) groups is 1. The van der Waals surface area contributed by atoms with Crippen molar-refractivity contribution in [1.82, 2.24) is 24.3 Å². The van der Waals surface area contributed by atoms with E-state index in [0.717, 1.165) is 65.4 Å². The largest absolute Gasteiger partial charge is 0.368 e. The molecule has 7 heteroatoms. The van der Waals surface area contributed by atoms with Gasteiger partial charge >= 0.3 is 0 Å². The van der Waals surface area contributed by atoms with Crippen molar-refractivity contribution in [3.63, 3.8) is 0 Å². The van der Waals surface area contributed by atoms with Crippen LogP contribution in [0.25, 0.3) is 0 Å². The van der Waals surface area contributed by atoms with E-state index in [1.807, 2.05) is 29.7 Å². The Morgan fingerprint density at radius 1 is 0.857 bits per heavy atom. The highest BCUT2D eigenvalue weighted by Gasteiger charge is 2.24. The molecule has 2 saturated heterocycles. The summed E-state index contributed by atoms with van der Waals surface area (Å²) >= 11 is 0. The minimum Gasteiger partial charge on any atom is -0.368 e. The Morgan fingerprint density at radius 2 is 1.57 bits per heavy atom. The Hall–Kier alpha value is -2.38. The minimum atomic E-state index is 0.277. The van der Waals surface area contributed by atoms with Gasteiger partial charge < -0.3 is 14.4 Å². The van der Waals surface area contributed by atoms with Crippen LogP contribution in [0.5, 0.6) is 0 Å². The van der Waals surface area contributed by atoms with Gasteiger partial charge in [0.2, 0.25) is 5.91 Å². The predicted octanol–water partition coefficient (Wildman–Crippen LogP) is 0.850. The van der Waals surface area contributed by atoms with Gasteiger partial charge in [-0.25, -0.2) is 4.98 Å². The summed E-state index contributed by atoms with van der Waals surface area (Å²) in [5, 5.41) is 0. The average Bonchev–Trinajstić information content (AvgIpc) is 3.28. The number of benzene rings is 1. The van der Waals surface area contributed by atoms with Crippen molar-refractivity contribution >= 4 is 11.6 Å². The van der Waals surface area contributed by atoms with Gasteiger partial charge in [0.15, 0.2) is 0 Å². The zero-order valence-electron chi connectivity index (χ0n) is 16.5. The summed E-state index contributed by atoms with van der Waals surface area (Å²) in [6, 6.07) is 10.5. The summed E-state index contributed by atoms with van der Waals surface area (Å²) in [4.78, 5) is 26.0. The number of para-hydroxylation sites is 1. The molecule has 2 aliphatic rings. The van der Waals surface area contributed by atoms with E-state index in [-0.39, 0.29) is 5.91 Å². The maximum atomic E-state index is 12.7. The van der Waals surface area contributed by atoms with Gasteiger partial charge in [0.25, 0.3) is 0 Å². The zero-order valence-corrected chi connectivity index (χ0v) is 16.5. The van der Waals surface area contributed by atoms with Crippen LogP contribution in [0.3, 0.4) is 0 Å². The Bertz CT molecular complexity index is 719. The molecule has 0 spiro atoms. The molecule has 4 rings (SSSR count). The molecule has 1 aromatic carbocycles. The molecule has 3 heterocycles. The molecule has 0 N–H and O–H groups in total. The first-order valence-corrected chi connectivity index (χ1v) is 10.3. The van der Waals surface area contributed by atoms with Crippen molar-refractivity contribution in [3.8, 4) is 0 Å². The number of nitrogens with zero attached hydrogens (tertiary/aromatic N) is 6. The lowest BCUT2D eigenvalue weighted by molar-refractivity contribution is -0.133. The fraction of sp³-hybridized carbons (Fsp3) is 0.524. The molecule has 28 heavy (non-hydrogen) atoms. The molecule has 1 amide bonds. The highest BCUT2D eigenvalue weighted by atomic mass is 16.2. The Labute approximate surface area is 167 Å². The number of carbonyl (C=O) groups excluding carboxylic acids is 1. The molecule has 7 nitrogen and oxygen atoms in total. The van der Waals surface area contributed by atoms with E-state index in [4.69, 9.17) is 0 Å². The summed E-state index contributed by atoms with van der Waals surface area (Å²) < 4.78 is 2.12. The van der Waals surface area contributed by atoms with Crippen molar-refractivity contribution in [3.05, 3.63) is 49.1 Å².